The summed E-state index contributed by atoms with van der Waals surface area (Å²) in [5.74, 6) is 0.0528. The van der Waals surface area contributed by atoms with Crippen LogP contribution in [-0.4, -0.2) is 16.0 Å². The first-order chi connectivity index (χ1) is 8.25. The van der Waals surface area contributed by atoms with E-state index >= 15 is 0 Å². The van der Waals surface area contributed by atoms with Gasteiger partial charge in [0.25, 0.3) is 0 Å². The van der Waals surface area contributed by atoms with Crippen molar-refractivity contribution in [3.8, 4) is 5.75 Å². The summed E-state index contributed by atoms with van der Waals surface area (Å²) in [5.41, 5.74) is 1.66. The van der Waals surface area contributed by atoms with Gasteiger partial charge in [0.1, 0.15) is 5.75 Å². The van der Waals surface area contributed by atoms with Gasteiger partial charge in [-0.1, -0.05) is 18.2 Å². The molecular weight excluding hydrogens is 216 g/mol. The number of carbonyl (C=O) groups is 1. The third-order valence-electron chi connectivity index (χ3n) is 2.49. The lowest BCUT2D eigenvalue weighted by Crippen LogP contribution is -2.24. The Balaban J connectivity index is 1.87. The molecule has 1 heterocycles. The molecular formula is C13H14N2O2. The predicted octanol–water partition coefficient (Wildman–Crippen LogP) is 1.58. The minimum Gasteiger partial charge on any atom is -0.508 e. The molecule has 0 bridgehead atoms. The van der Waals surface area contributed by atoms with Crippen LogP contribution in [0.4, 0.5) is 0 Å². The second kappa shape index (κ2) is 5.21. The first-order valence-electron chi connectivity index (χ1n) is 5.41. The smallest absolute Gasteiger partial charge is 0.224 e. The predicted molar refractivity (Wildman–Crippen MR) is 64.5 cm³/mol. The van der Waals surface area contributed by atoms with Gasteiger partial charge in [0.2, 0.25) is 5.91 Å². The van der Waals surface area contributed by atoms with Gasteiger partial charge in [0, 0.05) is 24.5 Å². The molecule has 17 heavy (non-hydrogen) atoms. The molecule has 2 aromatic rings. The molecule has 0 unspecified atom stereocenters. The maximum Gasteiger partial charge on any atom is 0.224 e. The van der Waals surface area contributed by atoms with E-state index in [2.05, 4.69) is 10.3 Å². The van der Waals surface area contributed by atoms with Crippen molar-refractivity contribution < 1.29 is 9.90 Å². The van der Waals surface area contributed by atoms with Crippen molar-refractivity contribution >= 4 is 5.91 Å². The minimum absolute atomic E-state index is 0.104. The van der Waals surface area contributed by atoms with Crippen molar-refractivity contribution in [1.82, 2.24) is 10.3 Å². The fourth-order valence-corrected chi connectivity index (χ4v) is 1.56. The number of aromatic nitrogens is 1. The molecule has 4 heteroatoms. The molecule has 0 fully saturated rings. The number of H-pyrrole nitrogens is 1. The largest absolute Gasteiger partial charge is 0.508 e. The number of aromatic hydroxyl groups is 1. The number of para-hydroxylation sites is 1. The molecule has 0 aliphatic rings. The molecule has 0 atom stereocenters. The Kier molecular flexibility index (Phi) is 3.45. The quantitative estimate of drug-likeness (QED) is 0.746. The van der Waals surface area contributed by atoms with Crippen molar-refractivity contribution in [2.45, 2.75) is 13.0 Å². The van der Waals surface area contributed by atoms with Gasteiger partial charge in [-0.05, 0) is 17.7 Å². The molecule has 3 N–H and O–H groups in total. The van der Waals surface area contributed by atoms with Gasteiger partial charge in [-0.25, -0.2) is 0 Å². The van der Waals surface area contributed by atoms with Gasteiger partial charge in [-0.3, -0.25) is 4.79 Å². The van der Waals surface area contributed by atoms with E-state index in [1.807, 2.05) is 18.5 Å². The molecule has 0 radical (unpaired) electrons. The number of phenolic OH excluding ortho intramolecular Hbond substituents is 1. The monoisotopic (exact) mass is 230 g/mol. The second-order valence-corrected chi connectivity index (χ2v) is 3.80. The van der Waals surface area contributed by atoms with E-state index in [0.29, 0.717) is 12.1 Å². The van der Waals surface area contributed by atoms with Crippen molar-refractivity contribution in [3.05, 3.63) is 53.9 Å². The van der Waals surface area contributed by atoms with Crippen LogP contribution in [0.1, 0.15) is 11.1 Å². The van der Waals surface area contributed by atoms with Crippen LogP contribution in [-0.2, 0) is 17.8 Å². The first-order valence-corrected chi connectivity index (χ1v) is 5.41. The summed E-state index contributed by atoms with van der Waals surface area (Å²) in [4.78, 5) is 14.5. The Bertz CT molecular complexity index is 492. The third kappa shape index (κ3) is 3.11. The van der Waals surface area contributed by atoms with Gasteiger partial charge in [0.05, 0.1) is 6.42 Å². The number of benzene rings is 1. The van der Waals surface area contributed by atoms with E-state index in [1.165, 1.54) is 0 Å². The lowest BCUT2D eigenvalue weighted by atomic mass is 10.1. The molecule has 88 valence electrons. The summed E-state index contributed by atoms with van der Waals surface area (Å²) in [6.45, 7) is 0.496. The van der Waals surface area contributed by atoms with E-state index in [1.54, 1.807) is 24.3 Å². The fraction of sp³-hybridized carbons (Fsp3) is 0.154. The standard InChI is InChI=1S/C13H14N2O2/c16-12-4-2-1-3-11(12)7-13(17)15-9-10-5-6-14-8-10/h1-6,8,14,16H,7,9H2,(H,15,17). The zero-order valence-corrected chi connectivity index (χ0v) is 9.31. The number of phenols is 1. The molecule has 4 nitrogen and oxygen atoms in total. The van der Waals surface area contributed by atoms with Gasteiger partial charge in [0.15, 0.2) is 0 Å². The molecule has 0 spiro atoms. The van der Waals surface area contributed by atoms with Gasteiger partial charge in [-0.2, -0.15) is 0 Å². The number of hydrogen-bond donors (Lipinski definition) is 3. The van der Waals surface area contributed by atoms with E-state index in [0.717, 1.165) is 5.56 Å². The van der Waals surface area contributed by atoms with Gasteiger partial charge in [-0.15, -0.1) is 0 Å². The van der Waals surface area contributed by atoms with E-state index in [9.17, 15) is 9.90 Å². The van der Waals surface area contributed by atoms with E-state index in [-0.39, 0.29) is 18.1 Å². The highest BCUT2D eigenvalue weighted by Gasteiger charge is 2.06. The number of aromatic amines is 1. The molecule has 2 rings (SSSR count). The van der Waals surface area contributed by atoms with Gasteiger partial charge >= 0.3 is 0 Å². The summed E-state index contributed by atoms with van der Waals surface area (Å²) in [5, 5.41) is 12.3. The van der Waals surface area contributed by atoms with Crippen LogP contribution in [0.15, 0.2) is 42.7 Å². The highest BCUT2D eigenvalue weighted by Crippen LogP contribution is 2.15. The van der Waals surface area contributed by atoms with E-state index < -0.39 is 0 Å². The average molecular weight is 230 g/mol. The van der Waals surface area contributed by atoms with Crippen molar-refractivity contribution in [1.29, 1.82) is 0 Å². The van der Waals surface area contributed by atoms with Crippen molar-refractivity contribution in [2.24, 2.45) is 0 Å². The molecule has 1 aromatic carbocycles. The van der Waals surface area contributed by atoms with Crippen LogP contribution in [0.3, 0.4) is 0 Å². The lowest BCUT2D eigenvalue weighted by molar-refractivity contribution is -0.120. The van der Waals surface area contributed by atoms with Crippen LogP contribution in [0.25, 0.3) is 0 Å². The molecule has 1 amide bonds. The maximum atomic E-state index is 11.6. The first kappa shape index (κ1) is 11.3. The van der Waals surface area contributed by atoms with Crippen LogP contribution in [0, 0.1) is 0 Å². The summed E-state index contributed by atoms with van der Waals surface area (Å²) >= 11 is 0. The topological polar surface area (TPSA) is 65.1 Å². The lowest BCUT2D eigenvalue weighted by Gasteiger charge is -2.05. The Morgan fingerprint density at radius 2 is 2.12 bits per heavy atom. The normalized spacial score (nSPS) is 10.1. The summed E-state index contributed by atoms with van der Waals surface area (Å²) in [6.07, 6.45) is 3.84. The number of carbonyl (C=O) groups excluding carboxylic acids is 1. The number of amides is 1. The van der Waals surface area contributed by atoms with Crippen molar-refractivity contribution in [3.63, 3.8) is 0 Å². The Labute approximate surface area is 99.3 Å². The highest BCUT2D eigenvalue weighted by atomic mass is 16.3. The Hall–Kier alpha value is -2.23. The van der Waals surface area contributed by atoms with Crippen LogP contribution in [0.2, 0.25) is 0 Å². The minimum atomic E-state index is -0.104. The Morgan fingerprint density at radius 3 is 2.82 bits per heavy atom. The highest BCUT2D eigenvalue weighted by molar-refractivity contribution is 5.79. The average Bonchev–Trinajstić information content (AvgIpc) is 2.82. The molecule has 0 saturated heterocycles. The molecule has 1 aromatic heterocycles. The Morgan fingerprint density at radius 1 is 1.29 bits per heavy atom. The second-order valence-electron chi connectivity index (χ2n) is 3.80. The zero-order chi connectivity index (χ0) is 12.1. The number of nitrogens with one attached hydrogen (secondary N) is 2. The van der Waals surface area contributed by atoms with Gasteiger partial charge < -0.3 is 15.4 Å². The molecule has 0 aliphatic carbocycles. The summed E-state index contributed by atoms with van der Waals surface area (Å²) < 4.78 is 0. The number of rotatable bonds is 4. The van der Waals surface area contributed by atoms with Crippen LogP contribution in [0.5, 0.6) is 5.75 Å². The third-order valence-corrected chi connectivity index (χ3v) is 2.49. The SMILES string of the molecule is O=C(Cc1ccccc1O)NCc1cc[nH]c1. The molecule has 0 aliphatic heterocycles. The summed E-state index contributed by atoms with van der Waals surface area (Å²) in [6, 6.07) is 8.76. The fourth-order valence-electron chi connectivity index (χ4n) is 1.56. The molecule has 0 saturated carbocycles. The van der Waals surface area contributed by atoms with Crippen LogP contribution >= 0.6 is 0 Å². The van der Waals surface area contributed by atoms with E-state index in [4.69, 9.17) is 0 Å². The van der Waals surface area contributed by atoms with Crippen molar-refractivity contribution in [2.75, 3.05) is 0 Å². The number of hydrogen-bond acceptors (Lipinski definition) is 2. The maximum absolute atomic E-state index is 11.6. The zero-order valence-electron chi connectivity index (χ0n) is 9.31. The summed E-state index contributed by atoms with van der Waals surface area (Å²) in [7, 11) is 0. The van der Waals surface area contributed by atoms with Crippen LogP contribution < -0.4 is 5.32 Å².